The summed E-state index contributed by atoms with van der Waals surface area (Å²) < 4.78 is 7.67. The lowest BCUT2D eigenvalue weighted by atomic mass is 10.3. The van der Waals surface area contributed by atoms with Gasteiger partial charge in [-0.3, -0.25) is 0 Å². The van der Waals surface area contributed by atoms with Crippen LogP contribution in [-0.4, -0.2) is 33.9 Å². The number of hydrogen-bond donors (Lipinski definition) is 2. The van der Waals surface area contributed by atoms with Crippen molar-refractivity contribution < 1.29 is 4.74 Å². The lowest BCUT2D eigenvalue weighted by Crippen LogP contribution is -2.39. The van der Waals surface area contributed by atoms with Gasteiger partial charge in [0.15, 0.2) is 11.8 Å². The Kier molecular flexibility index (Phi) is 6.81. The van der Waals surface area contributed by atoms with Crippen molar-refractivity contribution in [2.75, 3.05) is 13.2 Å². The fraction of sp³-hybridized carbons (Fsp3) is 0.316. The molecule has 2 N–H and O–H groups in total. The van der Waals surface area contributed by atoms with E-state index in [9.17, 15) is 0 Å². The molecule has 2 aromatic heterocycles. The van der Waals surface area contributed by atoms with Crippen LogP contribution in [0.25, 0.3) is 0 Å². The highest BCUT2D eigenvalue weighted by atomic mass is 32.1. The third kappa shape index (κ3) is 5.82. The van der Waals surface area contributed by atoms with Crippen molar-refractivity contribution in [2.45, 2.75) is 20.0 Å². The molecule has 0 bridgehead atoms. The highest BCUT2D eigenvalue weighted by molar-refractivity contribution is 7.09. The summed E-state index contributed by atoms with van der Waals surface area (Å²) in [6, 6.07) is 13.9. The van der Waals surface area contributed by atoms with E-state index >= 15 is 0 Å². The van der Waals surface area contributed by atoms with Gasteiger partial charge in [0, 0.05) is 11.9 Å². The van der Waals surface area contributed by atoms with Crippen LogP contribution in [0, 0.1) is 6.92 Å². The van der Waals surface area contributed by atoms with Crippen LogP contribution in [0.4, 0.5) is 0 Å². The molecule has 0 aliphatic carbocycles. The van der Waals surface area contributed by atoms with Crippen LogP contribution in [0.3, 0.4) is 0 Å². The first-order chi connectivity index (χ1) is 13.2. The Labute approximate surface area is 163 Å². The maximum absolute atomic E-state index is 5.72. The van der Waals surface area contributed by atoms with Crippen LogP contribution >= 0.6 is 11.3 Å². The van der Waals surface area contributed by atoms with Crippen molar-refractivity contribution in [1.82, 2.24) is 25.4 Å². The highest BCUT2D eigenvalue weighted by Crippen LogP contribution is 2.08. The standard InChI is InChI=1S/C19H24N6OS/c1-15-23-24-18(25(15)2)14-22-19(21-13-17-9-6-12-27-17)20-10-11-26-16-7-4-3-5-8-16/h3-9,12H,10-11,13-14H2,1-2H3,(H2,20,21,22). The SMILES string of the molecule is Cc1nnc(CN=C(NCCOc2ccccc2)NCc2cccs2)n1C. The maximum Gasteiger partial charge on any atom is 0.192 e. The van der Waals surface area contributed by atoms with E-state index in [0.29, 0.717) is 19.7 Å². The van der Waals surface area contributed by atoms with Crippen molar-refractivity contribution in [1.29, 1.82) is 0 Å². The first kappa shape index (κ1) is 18.9. The van der Waals surface area contributed by atoms with E-state index < -0.39 is 0 Å². The van der Waals surface area contributed by atoms with E-state index in [-0.39, 0.29) is 0 Å². The number of nitrogens with one attached hydrogen (secondary N) is 2. The quantitative estimate of drug-likeness (QED) is 0.355. The second-order valence-corrected chi connectivity index (χ2v) is 6.94. The molecule has 0 aliphatic heterocycles. The summed E-state index contributed by atoms with van der Waals surface area (Å²) in [6.07, 6.45) is 0. The molecule has 0 radical (unpaired) electrons. The average molecular weight is 385 g/mol. The normalized spacial score (nSPS) is 11.4. The van der Waals surface area contributed by atoms with Gasteiger partial charge in [0.05, 0.1) is 13.1 Å². The third-order valence-corrected chi connectivity index (χ3v) is 4.85. The first-order valence-corrected chi connectivity index (χ1v) is 9.67. The summed E-state index contributed by atoms with van der Waals surface area (Å²) in [6.45, 7) is 4.29. The number of thiophene rings is 1. The van der Waals surface area contributed by atoms with Gasteiger partial charge in [-0.15, -0.1) is 21.5 Å². The molecule has 7 nitrogen and oxygen atoms in total. The maximum atomic E-state index is 5.72. The van der Waals surface area contributed by atoms with E-state index in [1.54, 1.807) is 11.3 Å². The molecule has 0 fully saturated rings. The van der Waals surface area contributed by atoms with Crippen LogP contribution in [-0.2, 0) is 20.1 Å². The number of benzene rings is 1. The van der Waals surface area contributed by atoms with E-state index in [1.165, 1.54) is 4.88 Å². The van der Waals surface area contributed by atoms with Crippen molar-refractivity contribution in [3.63, 3.8) is 0 Å². The van der Waals surface area contributed by atoms with Crippen LogP contribution in [0.15, 0.2) is 52.8 Å². The molecule has 27 heavy (non-hydrogen) atoms. The number of nitrogens with zero attached hydrogens (tertiary/aromatic N) is 4. The van der Waals surface area contributed by atoms with Crippen LogP contribution in [0.1, 0.15) is 16.5 Å². The smallest absolute Gasteiger partial charge is 0.192 e. The molecule has 0 aliphatic rings. The Balaban J connectivity index is 1.54. The predicted molar refractivity (Wildman–Crippen MR) is 108 cm³/mol. The van der Waals surface area contributed by atoms with E-state index in [0.717, 1.165) is 29.9 Å². The lowest BCUT2D eigenvalue weighted by Gasteiger charge is -2.13. The van der Waals surface area contributed by atoms with Gasteiger partial charge < -0.3 is 19.9 Å². The van der Waals surface area contributed by atoms with Crippen molar-refractivity contribution in [3.05, 3.63) is 64.4 Å². The molecule has 0 unspecified atom stereocenters. The van der Waals surface area contributed by atoms with E-state index in [2.05, 4.69) is 37.3 Å². The second kappa shape index (κ2) is 9.72. The first-order valence-electron chi connectivity index (χ1n) is 8.79. The molecule has 0 atom stereocenters. The van der Waals surface area contributed by atoms with Gasteiger partial charge in [-0.2, -0.15) is 0 Å². The van der Waals surface area contributed by atoms with Gasteiger partial charge in [0.2, 0.25) is 0 Å². The summed E-state index contributed by atoms with van der Waals surface area (Å²) in [7, 11) is 1.94. The van der Waals surface area contributed by atoms with Crippen molar-refractivity contribution in [2.24, 2.45) is 12.0 Å². The lowest BCUT2D eigenvalue weighted by molar-refractivity contribution is 0.322. The summed E-state index contributed by atoms with van der Waals surface area (Å²) in [4.78, 5) is 5.88. The zero-order chi connectivity index (χ0) is 18.9. The number of guanidine groups is 1. The van der Waals surface area contributed by atoms with Gasteiger partial charge in [0.1, 0.15) is 24.7 Å². The number of rotatable bonds is 8. The van der Waals surface area contributed by atoms with Crippen molar-refractivity contribution in [3.8, 4) is 5.75 Å². The number of hydrogen-bond acceptors (Lipinski definition) is 5. The summed E-state index contributed by atoms with van der Waals surface area (Å²) >= 11 is 1.71. The van der Waals surface area contributed by atoms with Crippen LogP contribution in [0.5, 0.6) is 5.75 Å². The average Bonchev–Trinajstić information content (AvgIpc) is 3.32. The number of aliphatic imine (C=N–C) groups is 1. The van der Waals surface area contributed by atoms with Gasteiger partial charge in [0.25, 0.3) is 0 Å². The molecular weight excluding hydrogens is 360 g/mol. The zero-order valence-corrected chi connectivity index (χ0v) is 16.4. The summed E-state index contributed by atoms with van der Waals surface area (Å²) in [5, 5.41) is 17.0. The Hall–Kier alpha value is -2.87. The molecule has 3 rings (SSSR count). The minimum absolute atomic E-state index is 0.455. The van der Waals surface area contributed by atoms with Crippen LogP contribution < -0.4 is 15.4 Å². The molecule has 0 spiro atoms. The molecule has 0 amide bonds. The summed E-state index contributed by atoms with van der Waals surface area (Å²) in [5.74, 6) is 3.28. The van der Waals surface area contributed by atoms with Crippen molar-refractivity contribution >= 4 is 17.3 Å². The molecular formula is C19H24N6OS. The van der Waals surface area contributed by atoms with Gasteiger partial charge in [-0.25, -0.2) is 4.99 Å². The third-order valence-electron chi connectivity index (χ3n) is 3.98. The van der Waals surface area contributed by atoms with E-state index in [4.69, 9.17) is 4.74 Å². The van der Waals surface area contributed by atoms with Gasteiger partial charge in [-0.05, 0) is 30.5 Å². The Bertz CT molecular complexity index is 844. The van der Waals surface area contributed by atoms with Gasteiger partial charge >= 0.3 is 0 Å². The van der Waals surface area contributed by atoms with Gasteiger partial charge in [-0.1, -0.05) is 24.3 Å². The number of ether oxygens (including phenoxy) is 1. The largest absolute Gasteiger partial charge is 0.492 e. The molecule has 142 valence electrons. The van der Waals surface area contributed by atoms with E-state index in [1.807, 2.05) is 54.9 Å². The molecule has 8 heteroatoms. The fourth-order valence-electron chi connectivity index (χ4n) is 2.35. The second-order valence-electron chi connectivity index (χ2n) is 5.91. The monoisotopic (exact) mass is 384 g/mol. The minimum atomic E-state index is 0.455. The number of para-hydroxylation sites is 1. The molecule has 0 saturated heterocycles. The molecule has 1 aromatic carbocycles. The minimum Gasteiger partial charge on any atom is -0.492 e. The summed E-state index contributed by atoms with van der Waals surface area (Å²) in [5.41, 5.74) is 0. The molecule has 3 aromatic rings. The Morgan fingerprint density at radius 2 is 2.00 bits per heavy atom. The Morgan fingerprint density at radius 1 is 1.15 bits per heavy atom. The zero-order valence-electron chi connectivity index (χ0n) is 15.6. The predicted octanol–water partition coefficient (Wildman–Crippen LogP) is 2.50. The highest BCUT2D eigenvalue weighted by Gasteiger charge is 2.05. The Morgan fingerprint density at radius 3 is 2.70 bits per heavy atom. The number of aromatic nitrogens is 3. The molecule has 2 heterocycles. The fourth-order valence-corrected chi connectivity index (χ4v) is 3.00. The molecule has 0 saturated carbocycles. The topological polar surface area (TPSA) is 76.4 Å². The number of aryl methyl sites for hydroxylation is 1. The van der Waals surface area contributed by atoms with Crippen LogP contribution in [0.2, 0.25) is 0 Å².